The predicted molar refractivity (Wildman–Crippen MR) is 110 cm³/mol. The SMILES string of the molecule is Cn1c(S(=O)NCC2CCC3(C2)NC(=O)NC3=O)cnc1-c1cc2ccccc2o1. The molecule has 1 spiro atoms. The maximum Gasteiger partial charge on any atom is 0.322 e. The predicted octanol–water partition coefficient (Wildman–Crippen LogP) is 1.82. The third-order valence-electron chi connectivity index (χ3n) is 5.92. The first-order chi connectivity index (χ1) is 14.4. The Morgan fingerprint density at radius 3 is 2.97 bits per heavy atom. The van der Waals surface area contributed by atoms with E-state index >= 15 is 0 Å². The highest BCUT2D eigenvalue weighted by Crippen LogP contribution is 2.36. The molecular formula is C20H21N5O4S. The maximum absolute atomic E-state index is 12.8. The van der Waals surface area contributed by atoms with Crippen molar-refractivity contribution in [2.45, 2.75) is 29.8 Å². The number of benzene rings is 1. The Morgan fingerprint density at radius 1 is 1.37 bits per heavy atom. The minimum atomic E-state index is -1.47. The molecule has 3 N–H and O–H groups in total. The number of urea groups is 1. The number of furan rings is 1. The van der Waals surface area contributed by atoms with Gasteiger partial charge in [-0.1, -0.05) is 18.2 Å². The molecule has 3 unspecified atom stereocenters. The number of hydrogen-bond donors (Lipinski definition) is 3. The second-order valence-electron chi connectivity index (χ2n) is 7.84. The standard InChI is InChI=1S/C20H21N5O4S/c1-25-16(11-21-17(25)15-8-13-4-2-3-5-14(13)29-15)30(28)22-10-12-6-7-20(9-12)18(26)23-19(27)24-20/h2-5,8,11-12,22H,6-7,9-10H2,1H3,(H2,23,24,26,27). The van der Waals surface area contributed by atoms with Crippen molar-refractivity contribution in [2.75, 3.05) is 6.54 Å². The number of rotatable bonds is 5. The van der Waals surface area contributed by atoms with Gasteiger partial charge in [-0.05, 0) is 37.3 Å². The van der Waals surface area contributed by atoms with E-state index in [4.69, 9.17) is 4.42 Å². The van der Waals surface area contributed by atoms with Crippen LogP contribution in [0.1, 0.15) is 19.3 Å². The smallest absolute Gasteiger partial charge is 0.322 e. The summed E-state index contributed by atoms with van der Waals surface area (Å²) < 4.78 is 23.5. The number of nitrogens with zero attached hydrogens (tertiary/aromatic N) is 2. The molecule has 30 heavy (non-hydrogen) atoms. The van der Waals surface area contributed by atoms with E-state index in [2.05, 4.69) is 20.3 Å². The van der Waals surface area contributed by atoms with Gasteiger partial charge in [-0.2, -0.15) is 0 Å². The molecule has 1 saturated carbocycles. The average molecular weight is 427 g/mol. The molecule has 3 heterocycles. The van der Waals surface area contributed by atoms with Crippen LogP contribution in [0, 0.1) is 5.92 Å². The topological polar surface area (TPSA) is 118 Å². The number of aromatic nitrogens is 2. The molecule has 0 bridgehead atoms. The second kappa shape index (κ2) is 7.06. The van der Waals surface area contributed by atoms with Gasteiger partial charge in [0, 0.05) is 19.0 Å². The van der Waals surface area contributed by atoms with Crippen molar-refractivity contribution in [2.24, 2.45) is 13.0 Å². The van der Waals surface area contributed by atoms with Crippen molar-refractivity contribution in [3.63, 3.8) is 0 Å². The summed E-state index contributed by atoms with van der Waals surface area (Å²) in [5, 5.41) is 6.56. The molecule has 2 aliphatic rings. The lowest BCUT2D eigenvalue weighted by atomic mass is 9.96. The lowest BCUT2D eigenvalue weighted by Gasteiger charge is -2.19. The first-order valence-corrected chi connectivity index (χ1v) is 10.9. The van der Waals surface area contributed by atoms with Gasteiger partial charge < -0.3 is 14.3 Å². The normalized spacial score (nSPS) is 24.5. The largest absolute Gasteiger partial charge is 0.453 e. The lowest BCUT2D eigenvalue weighted by Crippen LogP contribution is -2.44. The molecule has 2 fully saturated rings. The molecule has 3 amide bonds. The molecular weight excluding hydrogens is 406 g/mol. The highest BCUT2D eigenvalue weighted by atomic mass is 32.2. The fourth-order valence-corrected chi connectivity index (χ4v) is 5.34. The van der Waals surface area contributed by atoms with Crippen LogP contribution in [0.3, 0.4) is 0 Å². The van der Waals surface area contributed by atoms with E-state index in [0.717, 1.165) is 17.4 Å². The second-order valence-corrected chi connectivity index (χ2v) is 9.09. The summed E-state index contributed by atoms with van der Waals surface area (Å²) in [6, 6.07) is 9.18. The van der Waals surface area contributed by atoms with Crippen LogP contribution >= 0.6 is 0 Å². The molecule has 10 heteroatoms. The van der Waals surface area contributed by atoms with Crippen LogP contribution < -0.4 is 15.4 Å². The summed E-state index contributed by atoms with van der Waals surface area (Å²) in [5.74, 6) is 1.09. The Morgan fingerprint density at radius 2 is 2.20 bits per heavy atom. The Kier molecular flexibility index (Phi) is 4.48. The molecule has 3 atom stereocenters. The molecule has 9 nitrogen and oxygen atoms in total. The molecule has 2 aromatic heterocycles. The van der Waals surface area contributed by atoms with Crippen LogP contribution in [0.4, 0.5) is 4.79 Å². The first kappa shape index (κ1) is 19.0. The number of imidazole rings is 1. The van der Waals surface area contributed by atoms with Gasteiger partial charge in [0.05, 0.1) is 6.20 Å². The third kappa shape index (κ3) is 3.12. The fourth-order valence-electron chi connectivity index (χ4n) is 4.32. The third-order valence-corrected chi connectivity index (χ3v) is 7.10. The zero-order valence-electron chi connectivity index (χ0n) is 16.3. The Labute approximate surface area is 174 Å². The van der Waals surface area contributed by atoms with Crippen LogP contribution in [0.15, 0.2) is 46.0 Å². The van der Waals surface area contributed by atoms with Gasteiger partial charge >= 0.3 is 6.03 Å². The van der Waals surface area contributed by atoms with E-state index in [1.165, 1.54) is 0 Å². The Hall–Kier alpha value is -2.98. The van der Waals surface area contributed by atoms with E-state index in [-0.39, 0.29) is 11.8 Å². The van der Waals surface area contributed by atoms with Crippen molar-refractivity contribution in [1.29, 1.82) is 0 Å². The van der Waals surface area contributed by atoms with Crippen LogP contribution in [0.5, 0.6) is 0 Å². The first-order valence-electron chi connectivity index (χ1n) is 9.75. The van der Waals surface area contributed by atoms with Gasteiger partial charge in [0.2, 0.25) is 0 Å². The van der Waals surface area contributed by atoms with E-state index < -0.39 is 22.6 Å². The Balaban J connectivity index is 1.26. The van der Waals surface area contributed by atoms with Gasteiger partial charge in [-0.25, -0.2) is 18.7 Å². The summed E-state index contributed by atoms with van der Waals surface area (Å²) >= 11 is 0. The van der Waals surface area contributed by atoms with Crippen LogP contribution in [-0.2, 0) is 22.8 Å². The summed E-state index contributed by atoms with van der Waals surface area (Å²) in [6.07, 6.45) is 3.47. The van der Waals surface area contributed by atoms with Crippen LogP contribution in [0.25, 0.3) is 22.6 Å². The van der Waals surface area contributed by atoms with Crippen molar-refractivity contribution >= 4 is 33.9 Å². The van der Waals surface area contributed by atoms with Gasteiger partial charge in [-0.3, -0.25) is 10.1 Å². The molecule has 0 radical (unpaired) electrons. The van der Waals surface area contributed by atoms with E-state index in [9.17, 15) is 13.8 Å². The number of nitrogens with one attached hydrogen (secondary N) is 3. The minimum Gasteiger partial charge on any atom is -0.453 e. The van der Waals surface area contributed by atoms with Crippen molar-refractivity contribution < 1.29 is 18.2 Å². The molecule has 1 aliphatic heterocycles. The number of amides is 3. The summed E-state index contributed by atoms with van der Waals surface area (Å²) in [5.41, 5.74) is -0.0409. The maximum atomic E-state index is 12.8. The molecule has 1 saturated heterocycles. The number of para-hydroxylation sites is 1. The molecule has 1 aliphatic carbocycles. The number of imide groups is 1. The lowest BCUT2D eigenvalue weighted by molar-refractivity contribution is -0.123. The average Bonchev–Trinajstić information content (AvgIpc) is 3.46. The quantitative estimate of drug-likeness (QED) is 0.537. The van der Waals surface area contributed by atoms with Crippen LogP contribution in [0.2, 0.25) is 0 Å². The summed E-state index contributed by atoms with van der Waals surface area (Å²) in [7, 11) is 0.329. The number of fused-ring (bicyclic) bond motifs is 1. The molecule has 3 aromatic rings. The number of carbonyl (C=O) groups excluding carboxylic acids is 2. The van der Waals surface area contributed by atoms with Gasteiger partial charge in [0.1, 0.15) is 27.1 Å². The highest BCUT2D eigenvalue weighted by Gasteiger charge is 2.50. The van der Waals surface area contributed by atoms with Crippen LogP contribution in [-0.4, -0.2) is 37.8 Å². The van der Waals surface area contributed by atoms with Crippen molar-refractivity contribution in [3.05, 3.63) is 36.5 Å². The van der Waals surface area contributed by atoms with Gasteiger partial charge in [-0.15, -0.1) is 0 Å². The van der Waals surface area contributed by atoms with Crippen molar-refractivity contribution in [1.82, 2.24) is 24.9 Å². The molecule has 1 aromatic carbocycles. The monoisotopic (exact) mass is 427 g/mol. The number of hydrogen-bond acceptors (Lipinski definition) is 5. The van der Waals surface area contributed by atoms with Crippen molar-refractivity contribution in [3.8, 4) is 11.6 Å². The van der Waals surface area contributed by atoms with Gasteiger partial charge in [0.15, 0.2) is 11.6 Å². The zero-order chi connectivity index (χ0) is 20.9. The van der Waals surface area contributed by atoms with Gasteiger partial charge in [0.25, 0.3) is 5.91 Å². The minimum absolute atomic E-state index is 0.140. The molecule has 5 rings (SSSR count). The zero-order valence-corrected chi connectivity index (χ0v) is 17.1. The van der Waals surface area contributed by atoms with E-state index in [1.807, 2.05) is 30.3 Å². The van der Waals surface area contributed by atoms with E-state index in [1.54, 1.807) is 17.8 Å². The fraction of sp³-hybridized carbons (Fsp3) is 0.350. The highest BCUT2D eigenvalue weighted by molar-refractivity contribution is 7.83. The number of carbonyl (C=O) groups is 2. The molecule has 156 valence electrons. The van der Waals surface area contributed by atoms with E-state index in [0.29, 0.717) is 36.0 Å². The Bertz CT molecular complexity index is 1150. The summed E-state index contributed by atoms with van der Waals surface area (Å²) in [4.78, 5) is 27.9. The summed E-state index contributed by atoms with van der Waals surface area (Å²) in [6.45, 7) is 0.475.